The fourth-order valence-electron chi connectivity index (χ4n) is 0. The number of hydrogen-bond donors (Lipinski definition) is 4. The summed E-state index contributed by atoms with van der Waals surface area (Å²) in [5.41, 5.74) is 0. The predicted molar refractivity (Wildman–Crippen MR) is 29.2 cm³/mol. The molecule has 7 heteroatoms. The first-order valence-corrected chi connectivity index (χ1v) is 2.35. The van der Waals surface area contributed by atoms with Gasteiger partial charge >= 0.3 is 7.82 Å². The Morgan fingerprint density at radius 1 is 1.14 bits per heavy atom. The molecule has 0 radical (unpaired) electrons. The third-order valence-corrected chi connectivity index (χ3v) is 0. The van der Waals surface area contributed by atoms with Gasteiger partial charge < -0.3 is 20.8 Å². The molecule has 0 unspecified atom stereocenters. The molecular weight excluding hydrogens is 120 g/mol. The normalized spacial score (nSPS) is 8.43. The monoisotopic (exact) mass is 129 g/mol. The zero-order chi connectivity index (χ0) is 4.50. The van der Waals surface area contributed by atoms with E-state index in [-0.39, 0.29) is 14.6 Å². The second kappa shape index (κ2) is 4.30. The average Bonchev–Trinajstić information content (AvgIpc) is 0.722. The van der Waals surface area contributed by atoms with E-state index in [9.17, 15) is 0 Å². The molecule has 0 rings (SSSR count). The van der Waals surface area contributed by atoms with Crippen molar-refractivity contribution in [3.05, 3.63) is 0 Å². The lowest BCUT2D eigenvalue weighted by Gasteiger charge is -1.82. The second-order valence-electron chi connectivity index (χ2n) is 0.513. The molecule has 0 atom stereocenters. The van der Waals surface area contributed by atoms with Crippen molar-refractivity contribution in [2.75, 3.05) is 0 Å². The van der Waals surface area contributed by atoms with Crippen molar-refractivity contribution in [2.24, 2.45) is 0 Å². The molecule has 0 saturated heterocycles. The van der Waals surface area contributed by atoms with Crippen LogP contribution >= 0.6 is 7.82 Å². The Labute approximate surface area is 42.8 Å². The van der Waals surface area contributed by atoms with Gasteiger partial charge in [0.15, 0.2) is 0 Å². The van der Waals surface area contributed by atoms with Crippen LogP contribution in [0.3, 0.4) is 0 Å². The van der Waals surface area contributed by atoms with Gasteiger partial charge in [-0.15, -0.1) is 0 Å². The molecule has 0 aromatic heterocycles. The van der Waals surface area contributed by atoms with Crippen molar-refractivity contribution >= 4 is 16.2 Å². The quantitative estimate of drug-likeness (QED) is 0.224. The summed E-state index contributed by atoms with van der Waals surface area (Å²) in [5.74, 6) is 0. The molecule has 0 aliphatic heterocycles. The van der Waals surface area contributed by atoms with E-state index >= 15 is 0 Å². The van der Waals surface area contributed by atoms with Crippen molar-refractivity contribution in [2.45, 2.75) is 0 Å². The highest BCUT2D eigenvalue weighted by Crippen LogP contribution is 2.25. The van der Waals surface area contributed by atoms with Crippen LogP contribution in [0.2, 0.25) is 0 Å². The van der Waals surface area contributed by atoms with Gasteiger partial charge in [-0.2, -0.15) is 0 Å². The van der Waals surface area contributed by atoms with Gasteiger partial charge in [-0.3, -0.25) is 0 Å². The van der Waals surface area contributed by atoms with Crippen LogP contribution < -0.4 is 6.15 Å². The maximum atomic E-state index is 8.88. The third-order valence-electron chi connectivity index (χ3n) is 0. The summed E-state index contributed by atoms with van der Waals surface area (Å²) in [5, 5.41) is 0. The van der Waals surface area contributed by atoms with Crippen LogP contribution in [0.4, 0.5) is 0 Å². The fourth-order valence-corrected chi connectivity index (χ4v) is 0. The van der Waals surface area contributed by atoms with Crippen LogP contribution in [0.5, 0.6) is 0 Å². The van der Waals surface area contributed by atoms with E-state index in [0.29, 0.717) is 0 Å². The van der Waals surface area contributed by atoms with Crippen molar-refractivity contribution in [1.29, 1.82) is 0 Å². The summed E-state index contributed by atoms with van der Waals surface area (Å²) in [6.45, 7) is 0. The molecule has 0 heterocycles. The molecule has 0 aliphatic rings. The Morgan fingerprint density at radius 3 is 1.14 bits per heavy atom. The molecule has 46 valence electrons. The highest BCUT2D eigenvalue weighted by Gasteiger charge is 2.00. The predicted octanol–water partition coefficient (Wildman–Crippen LogP) is -1.95. The number of rotatable bonds is 0. The largest absolute Gasteiger partial charge is 0.466 e. The maximum Gasteiger partial charge on any atom is 0.466 e. The van der Waals surface area contributed by atoms with E-state index in [1.54, 1.807) is 0 Å². The van der Waals surface area contributed by atoms with Crippen molar-refractivity contribution in [1.82, 2.24) is 6.15 Å². The summed E-state index contributed by atoms with van der Waals surface area (Å²) in [4.78, 5) is 21.6. The molecule has 0 fully saturated rings. The van der Waals surface area contributed by atoms with E-state index in [1.807, 2.05) is 0 Å². The van der Waals surface area contributed by atoms with Crippen LogP contribution in [0.25, 0.3) is 0 Å². The average molecular weight is 129 g/mol. The SMILES string of the molecule is B.N.O=P(O)(O)O. The minimum absolute atomic E-state index is 0. The van der Waals surface area contributed by atoms with Crippen molar-refractivity contribution in [3.8, 4) is 0 Å². The first kappa shape index (κ1) is 15.7. The van der Waals surface area contributed by atoms with Crippen molar-refractivity contribution < 1.29 is 19.2 Å². The van der Waals surface area contributed by atoms with Crippen LogP contribution in [0.15, 0.2) is 0 Å². The minimum atomic E-state index is -4.64. The molecule has 5 nitrogen and oxygen atoms in total. The number of phosphoric acid groups is 1. The van der Waals surface area contributed by atoms with Gasteiger partial charge in [0.1, 0.15) is 0 Å². The highest BCUT2D eigenvalue weighted by atomic mass is 31.2. The van der Waals surface area contributed by atoms with E-state index in [2.05, 4.69) is 0 Å². The topological polar surface area (TPSA) is 113 Å². The molecule has 0 saturated carbocycles. The summed E-state index contributed by atoms with van der Waals surface area (Å²) in [7, 11) is -4.64. The lowest BCUT2D eigenvalue weighted by Crippen LogP contribution is -1.66. The van der Waals surface area contributed by atoms with Gasteiger partial charge in [-0.05, 0) is 0 Å². The van der Waals surface area contributed by atoms with E-state index in [1.165, 1.54) is 0 Å². The summed E-state index contributed by atoms with van der Waals surface area (Å²) >= 11 is 0. The zero-order valence-corrected chi connectivity index (χ0v) is 3.80. The summed E-state index contributed by atoms with van der Waals surface area (Å²) in [6, 6.07) is 0. The third kappa shape index (κ3) is 5760. The fraction of sp³-hybridized carbons (Fsp3) is 0. The maximum absolute atomic E-state index is 8.88. The van der Waals surface area contributed by atoms with Crippen LogP contribution in [0, 0.1) is 0 Å². The van der Waals surface area contributed by atoms with Crippen LogP contribution in [0.1, 0.15) is 0 Å². The summed E-state index contributed by atoms with van der Waals surface area (Å²) < 4.78 is 8.88. The second-order valence-corrected chi connectivity index (χ2v) is 1.54. The zero-order valence-electron chi connectivity index (χ0n) is 2.90. The lowest BCUT2D eigenvalue weighted by molar-refractivity contribution is 0.275. The van der Waals surface area contributed by atoms with Gasteiger partial charge in [-0.1, -0.05) is 0 Å². The van der Waals surface area contributed by atoms with Gasteiger partial charge in [0.2, 0.25) is 0 Å². The molecule has 0 bridgehead atoms. The molecule has 0 aromatic rings. The minimum Gasteiger partial charge on any atom is -0.344 e. The first-order chi connectivity index (χ1) is 2.00. The number of hydrogen-bond acceptors (Lipinski definition) is 2. The Morgan fingerprint density at radius 2 is 1.14 bits per heavy atom. The molecule has 0 aromatic carbocycles. The lowest BCUT2D eigenvalue weighted by atomic mass is 10.8. The van der Waals surface area contributed by atoms with Gasteiger partial charge in [-0.25, -0.2) is 4.57 Å². The highest BCUT2D eigenvalue weighted by molar-refractivity contribution is 7.45. The van der Waals surface area contributed by atoms with E-state index < -0.39 is 7.82 Å². The molecular formula is H9BNO4P. The van der Waals surface area contributed by atoms with E-state index in [4.69, 9.17) is 19.2 Å². The van der Waals surface area contributed by atoms with Crippen LogP contribution in [-0.4, -0.2) is 23.1 Å². The van der Waals surface area contributed by atoms with E-state index in [0.717, 1.165) is 0 Å². The first-order valence-electron chi connectivity index (χ1n) is 0.783. The standard InChI is InChI=1S/BH3.H3N.H3O4P/c;;1-5(2,3)4/h2*1H3;(H3,1,2,3,4). The summed E-state index contributed by atoms with van der Waals surface area (Å²) in [6.07, 6.45) is 0. The van der Waals surface area contributed by atoms with Crippen LogP contribution in [-0.2, 0) is 4.57 Å². The smallest absolute Gasteiger partial charge is 0.344 e. The molecule has 7 heavy (non-hydrogen) atoms. The van der Waals surface area contributed by atoms with Gasteiger partial charge in [0.05, 0.1) is 8.41 Å². The Kier molecular flexibility index (Phi) is 9.64. The Bertz CT molecular complexity index is 57.8. The molecule has 6 N–H and O–H groups in total. The van der Waals surface area contributed by atoms with Crippen molar-refractivity contribution in [3.63, 3.8) is 0 Å². The molecule has 0 spiro atoms. The molecule has 0 aliphatic carbocycles. The Hall–Kier alpha value is 0.135. The molecule has 0 amide bonds. The Balaban J connectivity index is -0.0000000800. The van der Waals surface area contributed by atoms with Gasteiger partial charge in [0, 0.05) is 0 Å². The van der Waals surface area contributed by atoms with Gasteiger partial charge in [0.25, 0.3) is 0 Å².